The molecule has 8 heteroatoms. The number of methoxy groups -OCH3 is 4. The molecule has 172 valence electrons. The molecule has 0 atom stereocenters. The molecule has 0 aliphatic heterocycles. The Hall–Kier alpha value is -3.42. The van der Waals surface area contributed by atoms with Crippen LogP contribution >= 0.6 is 0 Å². The summed E-state index contributed by atoms with van der Waals surface area (Å²) in [6.45, 7) is 0. The highest BCUT2D eigenvalue weighted by Crippen LogP contribution is 2.34. The van der Waals surface area contributed by atoms with Crippen molar-refractivity contribution < 1.29 is 28.5 Å². The molecule has 1 aliphatic carbocycles. The van der Waals surface area contributed by atoms with Gasteiger partial charge in [0.2, 0.25) is 11.8 Å². The van der Waals surface area contributed by atoms with Crippen LogP contribution in [0.25, 0.3) is 0 Å². The highest BCUT2D eigenvalue weighted by atomic mass is 16.5. The molecular weight excluding hydrogens is 412 g/mol. The molecule has 1 saturated carbocycles. The fourth-order valence-electron chi connectivity index (χ4n) is 3.93. The van der Waals surface area contributed by atoms with Gasteiger partial charge in [-0.15, -0.1) is 0 Å². The molecule has 0 bridgehead atoms. The Morgan fingerprint density at radius 3 is 1.28 bits per heavy atom. The van der Waals surface area contributed by atoms with Crippen LogP contribution in [0.1, 0.15) is 25.7 Å². The summed E-state index contributed by atoms with van der Waals surface area (Å²) in [5.74, 6) is 1.97. The second-order valence-corrected chi connectivity index (χ2v) is 7.67. The van der Waals surface area contributed by atoms with Gasteiger partial charge >= 0.3 is 0 Å². The largest absolute Gasteiger partial charge is 0.493 e. The second-order valence-electron chi connectivity index (χ2n) is 7.67. The van der Waals surface area contributed by atoms with Gasteiger partial charge in [-0.25, -0.2) is 0 Å². The molecular formula is C24H30N2O6. The minimum atomic E-state index is -0.131. The average molecular weight is 443 g/mol. The van der Waals surface area contributed by atoms with Gasteiger partial charge in [-0.1, -0.05) is 0 Å². The quantitative estimate of drug-likeness (QED) is 0.639. The van der Waals surface area contributed by atoms with Crippen LogP contribution in [0.4, 0.5) is 11.4 Å². The number of carbonyl (C=O) groups is 2. The number of amides is 2. The van der Waals surface area contributed by atoms with Crippen molar-refractivity contribution in [3.8, 4) is 23.0 Å². The van der Waals surface area contributed by atoms with Crippen molar-refractivity contribution in [1.82, 2.24) is 0 Å². The van der Waals surface area contributed by atoms with Gasteiger partial charge in [0.05, 0.1) is 28.4 Å². The molecule has 2 aromatic carbocycles. The van der Waals surface area contributed by atoms with E-state index in [1.54, 1.807) is 64.8 Å². The molecule has 32 heavy (non-hydrogen) atoms. The zero-order valence-corrected chi connectivity index (χ0v) is 18.9. The van der Waals surface area contributed by atoms with E-state index in [1.165, 1.54) is 0 Å². The zero-order chi connectivity index (χ0) is 23.1. The van der Waals surface area contributed by atoms with E-state index in [2.05, 4.69) is 10.6 Å². The van der Waals surface area contributed by atoms with E-state index in [0.29, 0.717) is 60.1 Å². The number of ether oxygens (including phenoxy) is 4. The topological polar surface area (TPSA) is 95.1 Å². The Bertz CT molecular complexity index is 876. The summed E-state index contributed by atoms with van der Waals surface area (Å²) < 4.78 is 21.0. The third kappa shape index (κ3) is 5.43. The smallest absolute Gasteiger partial charge is 0.227 e. The summed E-state index contributed by atoms with van der Waals surface area (Å²) in [6.07, 6.45) is 2.62. The molecule has 2 aromatic rings. The van der Waals surface area contributed by atoms with Gasteiger partial charge < -0.3 is 29.6 Å². The van der Waals surface area contributed by atoms with Crippen LogP contribution in [0.2, 0.25) is 0 Å². The SMILES string of the molecule is COc1ccc(NC(=O)C2CCC(C(=O)Nc3ccc(OC)c(OC)c3)CC2)cc1OC. The number of rotatable bonds is 8. The van der Waals surface area contributed by atoms with E-state index in [1.807, 2.05) is 0 Å². The van der Waals surface area contributed by atoms with Crippen molar-refractivity contribution in [1.29, 1.82) is 0 Å². The number of hydrogen-bond acceptors (Lipinski definition) is 6. The van der Waals surface area contributed by atoms with Crippen molar-refractivity contribution in [3.05, 3.63) is 36.4 Å². The summed E-state index contributed by atoms with van der Waals surface area (Å²) in [7, 11) is 6.24. The monoisotopic (exact) mass is 442 g/mol. The van der Waals surface area contributed by atoms with E-state index in [4.69, 9.17) is 18.9 Å². The number of benzene rings is 2. The number of hydrogen-bond donors (Lipinski definition) is 2. The fraction of sp³-hybridized carbons (Fsp3) is 0.417. The summed E-state index contributed by atoms with van der Waals surface area (Å²) >= 11 is 0. The molecule has 2 amide bonds. The average Bonchev–Trinajstić information content (AvgIpc) is 2.83. The Balaban J connectivity index is 1.53. The van der Waals surface area contributed by atoms with Crippen LogP contribution in [0, 0.1) is 11.8 Å². The van der Waals surface area contributed by atoms with Crippen LogP contribution < -0.4 is 29.6 Å². The van der Waals surface area contributed by atoms with E-state index in [0.717, 1.165) is 0 Å². The number of anilines is 2. The molecule has 0 heterocycles. The Labute approximate surface area is 188 Å². The van der Waals surface area contributed by atoms with Crippen molar-refractivity contribution in [2.75, 3.05) is 39.1 Å². The summed E-state index contributed by atoms with van der Waals surface area (Å²) in [5, 5.41) is 5.89. The Morgan fingerprint density at radius 2 is 0.969 bits per heavy atom. The van der Waals surface area contributed by atoms with E-state index in [9.17, 15) is 9.59 Å². The molecule has 0 spiro atoms. The van der Waals surface area contributed by atoms with Crippen molar-refractivity contribution >= 4 is 23.2 Å². The fourth-order valence-corrected chi connectivity index (χ4v) is 3.93. The lowest BCUT2D eigenvalue weighted by atomic mass is 9.81. The zero-order valence-electron chi connectivity index (χ0n) is 18.9. The molecule has 8 nitrogen and oxygen atoms in total. The first-order valence-corrected chi connectivity index (χ1v) is 10.5. The molecule has 0 radical (unpaired) electrons. The minimum Gasteiger partial charge on any atom is -0.493 e. The lowest BCUT2D eigenvalue weighted by molar-refractivity contribution is -0.125. The van der Waals surface area contributed by atoms with Gasteiger partial charge in [0, 0.05) is 35.3 Å². The van der Waals surface area contributed by atoms with Crippen molar-refractivity contribution in [2.24, 2.45) is 11.8 Å². The van der Waals surface area contributed by atoms with Crippen molar-refractivity contribution in [3.63, 3.8) is 0 Å². The first kappa shape index (κ1) is 23.2. The lowest BCUT2D eigenvalue weighted by Crippen LogP contribution is -2.32. The third-order valence-electron chi connectivity index (χ3n) is 5.77. The predicted molar refractivity (Wildman–Crippen MR) is 122 cm³/mol. The van der Waals surface area contributed by atoms with E-state index < -0.39 is 0 Å². The van der Waals surface area contributed by atoms with Crippen LogP contribution in [-0.2, 0) is 9.59 Å². The predicted octanol–water partition coefficient (Wildman–Crippen LogP) is 4.10. The highest BCUT2D eigenvalue weighted by molar-refractivity contribution is 5.94. The van der Waals surface area contributed by atoms with Gasteiger partial charge in [0.15, 0.2) is 23.0 Å². The van der Waals surface area contributed by atoms with E-state index in [-0.39, 0.29) is 23.7 Å². The van der Waals surface area contributed by atoms with Gasteiger partial charge in [0.1, 0.15) is 0 Å². The Morgan fingerprint density at radius 1 is 0.625 bits per heavy atom. The normalized spacial score (nSPS) is 17.8. The molecule has 2 N–H and O–H groups in total. The molecule has 1 aliphatic rings. The van der Waals surface area contributed by atoms with Gasteiger partial charge in [0.25, 0.3) is 0 Å². The minimum absolute atomic E-state index is 0.0454. The first-order valence-electron chi connectivity index (χ1n) is 10.5. The summed E-state index contributed by atoms with van der Waals surface area (Å²) in [6, 6.07) is 10.5. The molecule has 0 aromatic heterocycles. The third-order valence-corrected chi connectivity index (χ3v) is 5.77. The summed E-state index contributed by atoms with van der Waals surface area (Å²) in [5.41, 5.74) is 1.31. The van der Waals surface area contributed by atoms with Gasteiger partial charge in [-0.2, -0.15) is 0 Å². The van der Waals surface area contributed by atoms with Crippen LogP contribution in [-0.4, -0.2) is 40.3 Å². The second kappa shape index (κ2) is 10.7. The maximum Gasteiger partial charge on any atom is 0.227 e. The standard InChI is InChI=1S/C24H30N2O6/c1-29-19-11-9-17(13-21(19)31-3)25-23(27)15-5-7-16(8-6-15)24(28)26-18-10-12-20(30-2)22(14-18)32-4/h9-16H,5-8H2,1-4H3,(H,25,27)(H,26,28). The van der Waals surface area contributed by atoms with Gasteiger partial charge in [-0.05, 0) is 49.9 Å². The maximum atomic E-state index is 12.7. The first-order chi connectivity index (χ1) is 15.5. The van der Waals surface area contributed by atoms with E-state index >= 15 is 0 Å². The number of nitrogens with one attached hydrogen (secondary N) is 2. The molecule has 1 fully saturated rings. The maximum absolute atomic E-state index is 12.7. The lowest BCUT2D eigenvalue weighted by Gasteiger charge is -2.27. The number of carbonyl (C=O) groups excluding carboxylic acids is 2. The van der Waals surface area contributed by atoms with Crippen LogP contribution in [0.5, 0.6) is 23.0 Å². The van der Waals surface area contributed by atoms with Gasteiger partial charge in [-0.3, -0.25) is 9.59 Å². The molecule has 0 saturated heterocycles. The molecule has 3 rings (SSSR count). The Kier molecular flexibility index (Phi) is 7.81. The molecule has 0 unspecified atom stereocenters. The van der Waals surface area contributed by atoms with Crippen molar-refractivity contribution in [2.45, 2.75) is 25.7 Å². The van der Waals surface area contributed by atoms with Crippen LogP contribution in [0.3, 0.4) is 0 Å². The highest BCUT2D eigenvalue weighted by Gasteiger charge is 2.30. The van der Waals surface area contributed by atoms with Crippen LogP contribution in [0.15, 0.2) is 36.4 Å². The summed E-state index contributed by atoms with van der Waals surface area (Å²) in [4.78, 5) is 25.4.